The maximum Gasteiger partial charge on any atom is 0.433 e. The van der Waals surface area contributed by atoms with Crippen molar-refractivity contribution in [2.24, 2.45) is 0 Å². The van der Waals surface area contributed by atoms with Crippen LogP contribution in [0.2, 0.25) is 0 Å². The van der Waals surface area contributed by atoms with Crippen molar-refractivity contribution in [2.75, 3.05) is 20.2 Å². The number of fused-ring (bicyclic) bond motifs is 1. The summed E-state index contributed by atoms with van der Waals surface area (Å²) in [5.41, 5.74) is 1.60. The first-order chi connectivity index (χ1) is 13.8. The third-order valence-electron chi connectivity index (χ3n) is 5.32. The summed E-state index contributed by atoms with van der Waals surface area (Å²) in [4.78, 5) is 6.78. The van der Waals surface area contributed by atoms with E-state index in [0.717, 1.165) is 41.8 Å². The van der Waals surface area contributed by atoms with E-state index in [0.29, 0.717) is 17.9 Å². The lowest BCUT2D eigenvalue weighted by atomic mass is 9.93. The molecule has 5 nitrogen and oxygen atoms in total. The second-order valence-corrected chi connectivity index (χ2v) is 7.55. The van der Waals surface area contributed by atoms with Gasteiger partial charge in [-0.2, -0.15) is 18.3 Å². The minimum Gasteiger partial charge on any atom is -0.497 e. The number of benzene rings is 1. The zero-order valence-electron chi connectivity index (χ0n) is 16.4. The monoisotopic (exact) mass is 404 g/mol. The summed E-state index contributed by atoms with van der Waals surface area (Å²) in [6.45, 7) is 3.98. The zero-order valence-corrected chi connectivity index (χ0v) is 16.4. The van der Waals surface area contributed by atoms with E-state index in [2.05, 4.69) is 15.0 Å². The maximum atomic E-state index is 13.6. The van der Waals surface area contributed by atoms with E-state index in [4.69, 9.17) is 4.74 Å². The molecule has 2 aromatic heterocycles. The van der Waals surface area contributed by atoms with Gasteiger partial charge in [0.15, 0.2) is 5.65 Å². The number of likely N-dealkylation sites (tertiary alicyclic amines) is 1. The first kappa shape index (κ1) is 19.7. The van der Waals surface area contributed by atoms with Crippen molar-refractivity contribution in [3.05, 3.63) is 59.0 Å². The van der Waals surface area contributed by atoms with Crippen LogP contribution < -0.4 is 4.74 Å². The number of nitrogens with zero attached hydrogens (tertiary/aromatic N) is 4. The number of aryl methyl sites for hydroxylation is 1. The zero-order chi connectivity index (χ0) is 20.6. The smallest absolute Gasteiger partial charge is 0.433 e. The number of halogens is 3. The summed E-state index contributed by atoms with van der Waals surface area (Å²) in [7, 11) is 1.63. The third-order valence-corrected chi connectivity index (χ3v) is 5.32. The van der Waals surface area contributed by atoms with E-state index in [1.807, 2.05) is 24.3 Å². The molecule has 3 heterocycles. The minimum absolute atomic E-state index is 0.0457. The van der Waals surface area contributed by atoms with Crippen LogP contribution in [-0.2, 0) is 12.7 Å². The minimum atomic E-state index is -4.48. The van der Waals surface area contributed by atoms with Crippen molar-refractivity contribution in [1.82, 2.24) is 19.5 Å². The molecule has 4 rings (SSSR count). The van der Waals surface area contributed by atoms with Gasteiger partial charge in [-0.05, 0) is 50.1 Å². The molecule has 0 spiro atoms. The lowest BCUT2D eigenvalue weighted by molar-refractivity contribution is -0.142. The fourth-order valence-electron chi connectivity index (χ4n) is 3.99. The van der Waals surface area contributed by atoms with Crippen LogP contribution in [0.5, 0.6) is 5.75 Å². The Labute approximate surface area is 167 Å². The fourth-order valence-corrected chi connectivity index (χ4v) is 3.99. The van der Waals surface area contributed by atoms with Crippen molar-refractivity contribution in [3.8, 4) is 5.75 Å². The Kier molecular flexibility index (Phi) is 5.21. The van der Waals surface area contributed by atoms with E-state index in [1.54, 1.807) is 20.1 Å². The molecule has 8 heteroatoms. The van der Waals surface area contributed by atoms with E-state index in [-0.39, 0.29) is 11.6 Å². The Morgan fingerprint density at radius 1 is 1.21 bits per heavy atom. The average Bonchev–Trinajstić information content (AvgIpc) is 3.06. The van der Waals surface area contributed by atoms with Crippen molar-refractivity contribution in [2.45, 2.75) is 38.4 Å². The molecule has 29 heavy (non-hydrogen) atoms. The number of methoxy groups -OCH3 is 1. The molecular weight excluding hydrogens is 381 g/mol. The first-order valence-electron chi connectivity index (χ1n) is 9.63. The highest BCUT2D eigenvalue weighted by atomic mass is 19.4. The standard InChI is InChI=1S/C21H23F3N4O/c1-14-9-20-25-18(11-19(21(22,23)24)28(20)26-14)16-6-4-8-27(13-16)12-15-5-3-7-17(10-15)29-2/h3,5,7,9-11,16H,4,6,8,12-13H2,1-2H3/t16-/m1/s1. The Hall–Kier alpha value is -2.61. The quantitative estimate of drug-likeness (QED) is 0.645. The number of alkyl halides is 3. The molecule has 0 N–H and O–H groups in total. The van der Waals surface area contributed by atoms with Crippen molar-refractivity contribution in [1.29, 1.82) is 0 Å². The first-order valence-corrected chi connectivity index (χ1v) is 9.63. The van der Waals surface area contributed by atoms with Crippen LogP contribution in [0.25, 0.3) is 5.65 Å². The Morgan fingerprint density at radius 2 is 2.03 bits per heavy atom. The predicted molar refractivity (Wildman–Crippen MR) is 103 cm³/mol. The van der Waals surface area contributed by atoms with Gasteiger partial charge in [-0.3, -0.25) is 4.90 Å². The number of hydrogen-bond donors (Lipinski definition) is 0. The van der Waals surface area contributed by atoms with Gasteiger partial charge >= 0.3 is 6.18 Å². The van der Waals surface area contributed by atoms with Crippen molar-refractivity contribution >= 4 is 5.65 Å². The van der Waals surface area contributed by atoms with Crippen LogP contribution in [-0.4, -0.2) is 39.7 Å². The highest BCUT2D eigenvalue weighted by Gasteiger charge is 2.36. The highest BCUT2D eigenvalue weighted by molar-refractivity contribution is 5.43. The number of aromatic nitrogens is 3. The van der Waals surface area contributed by atoms with Gasteiger partial charge in [0.2, 0.25) is 0 Å². The van der Waals surface area contributed by atoms with E-state index >= 15 is 0 Å². The molecule has 1 saturated heterocycles. The molecule has 0 aliphatic carbocycles. The third kappa shape index (κ3) is 4.22. The fraction of sp³-hybridized carbons (Fsp3) is 0.429. The molecule has 1 fully saturated rings. The lowest BCUT2D eigenvalue weighted by Gasteiger charge is -2.32. The molecule has 1 aliphatic heterocycles. The Bertz CT molecular complexity index is 1010. The molecule has 0 saturated carbocycles. The molecule has 0 radical (unpaired) electrons. The topological polar surface area (TPSA) is 42.7 Å². The van der Waals surface area contributed by atoms with Crippen LogP contribution in [0.4, 0.5) is 13.2 Å². The van der Waals surface area contributed by atoms with Gasteiger partial charge in [0, 0.05) is 30.8 Å². The number of ether oxygens (including phenoxy) is 1. The molecule has 1 aliphatic rings. The Morgan fingerprint density at radius 3 is 2.79 bits per heavy atom. The predicted octanol–water partition coefficient (Wildman–Crippen LogP) is 4.44. The molecule has 3 aromatic rings. The second kappa shape index (κ2) is 7.67. The number of hydrogen-bond acceptors (Lipinski definition) is 4. The van der Waals surface area contributed by atoms with Gasteiger partial charge in [-0.25, -0.2) is 9.50 Å². The largest absolute Gasteiger partial charge is 0.497 e. The van der Waals surface area contributed by atoms with Crippen molar-refractivity contribution < 1.29 is 17.9 Å². The molecule has 1 atom stereocenters. The van der Waals surface area contributed by atoms with Gasteiger partial charge in [0.25, 0.3) is 0 Å². The van der Waals surface area contributed by atoms with Gasteiger partial charge in [-0.1, -0.05) is 12.1 Å². The molecule has 154 valence electrons. The summed E-state index contributed by atoms with van der Waals surface area (Å²) in [6.07, 6.45) is -2.74. The summed E-state index contributed by atoms with van der Waals surface area (Å²) in [5.74, 6) is 0.754. The molecule has 1 aromatic carbocycles. The van der Waals surface area contributed by atoms with Crippen LogP contribution >= 0.6 is 0 Å². The lowest BCUT2D eigenvalue weighted by Crippen LogP contribution is -2.34. The number of rotatable bonds is 4. The van der Waals surface area contributed by atoms with Gasteiger partial charge in [0.05, 0.1) is 12.8 Å². The van der Waals surface area contributed by atoms with Crippen molar-refractivity contribution in [3.63, 3.8) is 0 Å². The summed E-state index contributed by atoms with van der Waals surface area (Å²) < 4.78 is 47.0. The Balaban J connectivity index is 1.60. The molecular formula is C21H23F3N4O. The summed E-state index contributed by atoms with van der Waals surface area (Å²) in [5, 5.41) is 3.96. The summed E-state index contributed by atoms with van der Waals surface area (Å²) >= 11 is 0. The van der Waals surface area contributed by atoms with E-state index in [1.165, 1.54) is 6.07 Å². The number of piperidine rings is 1. The van der Waals surface area contributed by atoms with E-state index in [9.17, 15) is 13.2 Å². The highest BCUT2D eigenvalue weighted by Crippen LogP contribution is 2.34. The van der Waals surface area contributed by atoms with Gasteiger partial charge < -0.3 is 4.74 Å². The summed E-state index contributed by atoms with van der Waals surface area (Å²) in [6, 6.07) is 10.6. The second-order valence-electron chi connectivity index (χ2n) is 7.55. The van der Waals surface area contributed by atoms with Gasteiger partial charge in [0.1, 0.15) is 11.4 Å². The van der Waals surface area contributed by atoms with Crippen LogP contribution in [0.1, 0.15) is 41.4 Å². The molecule has 0 bridgehead atoms. The maximum absolute atomic E-state index is 13.6. The van der Waals surface area contributed by atoms with Crippen LogP contribution in [0, 0.1) is 6.92 Å². The van der Waals surface area contributed by atoms with Crippen LogP contribution in [0.15, 0.2) is 36.4 Å². The SMILES string of the molecule is COc1cccc(CN2CCC[C@@H](c3cc(C(F)(F)F)n4nc(C)cc4n3)C2)c1. The van der Waals surface area contributed by atoms with Gasteiger partial charge in [-0.15, -0.1) is 0 Å². The molecule has 0 unspecified atom stereocenters. The molecule has 0 amide bonds. The average molecular weight is 404 g/mol. The van der Waals surface area contributed by atoms with E-state index < -0.39 is 11.9 Å². The van der Waals surface area contributed by atoms with Crippen LogP contribution in [0.3, 0.4) is 0 Å². The normalized spacial score (nSPS) is 18.3.